The Hall–Kier alpha value is -3.50. The third-order valence-corrected chi connectivity index (χ3v) is 4.81. The van der Waals surface area contributed by atoms with Crippen molar-refractivity contribution < 1.29 is 4.79 Å². The first-order chi connectivity index (χ1) is 12.6. The number of carbonyl (C=O) groups is 1. The van der Waals surface area contributed by atoms with Crippen molar-refractivity contribution in [3.05, 3.63) is 64.8 Å². The van der Waals surface area contributed by atoms with Gasteiger partial charge in [-0.05, 0) is 48.7 Å². The van der Waals surface area contributed by atoms with Crippen LogP contribution in [0.15, 0.2) is 47.8 Å². The molecule has 26 heavy (non-hydrogen) atoms. The highest BCUT2D eigenvalue weighted by Gasteiger charge is 2.11. The number of aromatic nitrogens is 3. The van der Waals surface area contributed by atoms with Crippen molar-refractivity contribution in [3.8, 4) is 16.8 Å². The van der Waals surface area contributed by atoms with Crippen molar-refractivity contribution in [1.82, 2.24) is 15.0 Å². The van der Waals surface area contributed by atoms with E-state index in [1.54, 1.807) is 36.5 Å². The van der Waals surface area contributed by atoms with Gasteiger partial charge in [0.2, 0.25) is 0 Å². The van der Waals surface area contributed by atoms with Gasteiger partial charge in [0.15, 0.2) is 0 Å². The van der Waals surface area contributed by atoms with E-state index >= 15 is 0 Å². The molecule has 0 spiro atoms. The summed E-state index contributed by atoms with van der Waals surface area (Å²) in [6.07, 6.45) is 0. The molecule has 0 saturated heterocycles. The Morgan fingerprint density at radius 1 is 1.23 bits per heavy atom. The van der Waals surface area contributed by atoms with Crippen LogP contribution in [0.1, 0.15) is 21.7 Å². The smallest absolute Gasteiger partial charge is 0.274 e. The maximum absolute atomic E-state index is 12.4. The molecule has 4 rings (SSSR count). The van der Waals surface area contributed by atoms with E-state index in [-0.39, 0.29) is 11.6 Å². The number of nitriles is 1. The first kappa shape index (κ1) is 16.0. The van der Waals surface area contributed by atoms with Gasteiger partial charge in [0.05, 0.1) is 27.2 Å². The van der Waals surface area contributed by atoms with Crippen LogP contribution >= 0.6 is 11.3 Å². The molecule has 4 aromatic rings. The quantitative estimate of drug-likeness (QED) is 0.575. The Labute approximate surface area is 153 Å². The van der Waals surface area contributed by atoms with Crippen LogP contribution in [0.5, 0.6) is 0 Å². The molecule has 7 heteroatoms. The Kier molecular flexibility index (Phi) is 3.95. The number of hydrogen-bond acceptors (Lipinski definition) is 5. The number of hydrogen-bond donors (Lipinski definition) is 2. The minimum Gasteiger partial charge on any atom is -0.337 e. The number of thiophene rings is 1. The van der Waals surface area contributed by atoms with Crippen molar-refractivity contribution in [3.63, 3.8) is 0 Å². The van der Waals surface area contributed by atoms with E-state index in [0.29, 0.717) is 16.9 Å². The van der Waals surface area contributed by atoms with Crippen LogP contribution in [0.25, 0.3) is 21.7 Å². The number of nitrogens with one attached hydrogen (secondary N) is 2. The lowest BCUT2D eigenvalue weighted by Gasteiger charge is -2.06. The van der Waals surface area contributed by atoms with Gasteiger partial charge in [-0.3, -0.25) is 4.79 Å². The predicted octanol–water partition coefficient (Wildman–Crippen LogP) is 4.12. The van der Waals surface area contributed by atoms with Gasteiger partial charge in [-0.25, -0.2) is 9.97 Å². The zero-order valence-corrected chi connectivity index (χ0v) is 14.6. The minimum absolute atomic E-state index is 0.269. The van der Waals surface area contributed by atoms with Crippen molar-refractivity contribution in [1.29, 1.82) is 5.26 Å². The molecule has 0 radical (unpaired) electrons. The molecule has 1 amide bonds. The number of nitrogens with zero attached hydrogens (tertiary/aromatic N) is 3. The summed E-state index contributed by atoms with van der Waals surface area (Å²) in [7, 11) is 0. The molecule has 0 atom stereocenters. The summed E-state index contributed by atoms with van der Waals surface area (Å²) in [5.74, 6) is 0.484. The zero-order chi connectivity index (χ0) is 18.1. The largest absolute Gasteiger partial charge is 0.337 e. The fraction of sp³-hybridized carbons (Fsp3) is 0.0526. The summed E-state index contributed by atoms with van der Waals surface area (Å²) < 4.78 is 0. The van der Waals surface area contributed by atoms with Crippen LogP contribution in [0.3, 0.4) is 0 Å². The summed E-state index contributed by atoms with van der Waals surface area (Å²) in [6, 6.07) is 14.7. The third kappa shape index (κ3) is 2.94. The van der Waals surface area contributed by atoms with Gasteiger partial charge in [-0.1, -0.05) is 6.07 Å². The normalized spacial score (nSPS) is 10.6. The second-order valence-corrected chi connectivity index (χ2v) is 6.64. The predicted molar refractivity (Wildman–Crippen MR) is 101 cm³/mol. The number of rotatable bonds is 3. The molecule has 0 aliphatic rings. The maximum atomic E-state index is 12.4. The lowest BCUT2D eigenvalue weighted by atomic mass is 10.2. The van der Waals surface area contributed by atoms with Gasteiger partial charge >= 0.3 is 0 Å². The highest BCUT2D eigenvalue weighted by molar-refractivity contribution is 7.13. The Morgan fingerprint density at radius 3 is 2.85 bits per heavy atom. The molecule has 2 N–H and O–H groups in total. The number of amides is 1. The zero-order valence-electron chi connectivity index (χ0n) is 13.8. The highest BCUT2D eigenvalue weighted by atomic mass is 32.1. The fourth-order valence-electron chi connectivity index (χ4n) is 2.62. The van der Waals surface area contributed by atoms with Gasteiger partial charge in [0.25, 0.3) is 5.91 Å². The van der Waals surface area contributed by atoms with Crippen molar-refractivity contribution in [2.24, 2.45) is 0 Å². The standard InChI is InChI=1S/C19H13N5OS/c1-11-12(10-20)4-6-15(21-11)19(25)22-13-5-7-14-16(9-13)24-18(23-14)17-3-2-8-26-17/h2-9H,1H3,(H,22,25)(H,23,24). The van der Waals surface area contributed by atoms with Crippen LogP contribution in [0.2, 0.25) is 0 Å². The summed E-state index contributed by atoms with van der Waals surface area (Å²) in [5, 5.41) is 13.8. The number of imidazole rings is 1. The number of carbonyl (C=O) groups excluding carboxylic acids is 1. The molecule has 3 aromatic heterocycles. The molecule has 0 saturated carbocycles. The Bertz CT molecular complexity index is 1150. The number of fused-ring (bicyclic) bond motifs is 1. The van der Waals surface area contributed by atoms with Crippen molar-refractivity contribution >= 4 is 34.0 Å². The summed E-state index contributed by atoms with van der Waals surface area (Å²) in [4.78, 5) is 25.5. The molecule has 3 heterocycles. The monoisotopic (exact) mass is 359 g/mol. The number of aromatic amines is 1. The van der Waals surface area contributed by atoms with Gasteiger partial charge < -0.3 is 10.3 Å². The van der Waals surface area contributed by atoms with Crippen molar-refractivity contribution in [2.45, 2.75) is 6.92 Å². The van der Waals surface area contributed by atoms with E-state index in [0.717, 1.165) is 21.7 Å². The van der Waals surface area contributed by atoms with E-state index in [2.05, 4.69) is 20.3 Å². The summed E-state index contributed by atoms with van der Waals surface area (Å²) in [6.45, 7) is 1.71. The summed E-state index contributed by atoms with van der Waals surface area (Å²) >= 11 is 1.61. The van der Waals surface area contributed by atoms with E-state index in [1.165, 1.54) is 0 Å². The Morgan fingerprint density at radius 2 is 2.12 bits per heavy atom. The number of pyridine rings is 1. The van der Waals surface area contributed by atoms with Gasteiger partial charge in [0, 0.05) is 5.69 Å². The SMILES string of the molecule is Cc1nc(C(=O)Nc2ccc3nc(-c4cccs4)[nH]c3c2)ccc1C#N. The number of anilines is 1. The summed E-state index contributed by atoms with van der Waals surface area (Å²) in [5.41, 5.74) is 3.58. The maximum Gasteiger partial charge on any atom is 0.274 e. The van der Waals surface area contributed by atoms with E-state index in [9.17, 15) is 4.79 Å². The molecule has 6 nitrogen and oxygen atoms in total. The van der Waals surface area contributed by atoms with Crippen LogP contribution in [0.4, 0.5) is 5.69 Å². The third-order valence-electron chi connectivity index (χ3n) is 3.93. The van der Waals surface area contributed by atoms with Crippen molar-refractivity contribution in [2.75, 3.05) is 5.32 Å². The van der Waals surface area contributed by atoms with E-state index in [1.807, 2.05) is 35.7 Å². The average molecular weight is 359 g/mol. The Balaban J connectivity index is 1.60. The number of H-pyrrole nitrogens is 1. The first-order valence-corrected chi connectivity index (χ1v) is 8.75. The van der Waals surface area contributed by atoms with E-state index < -0.39 is 0 Å². The topological polar surface area (TPSA) is 94.5 Å². The molecule has 126 valence electrons. The molecule has 0 aliphatic carbocycles. The first-order valence-electron chi connectivity index (χ1n) is 7.87. The lowest BCUT2D eigenvalue weighted by Crippen LogP contribution is -2.14. The fourth-order valence-corrected chi connectivity index (χ4v) is 3.29. The molecule has 0 aliphatic heterocycles. The average Bonchev–Trinajstić information content (AvgIpc) is 3.30. The van der Waals surface area contributed by atoms with Gasteiger partial charge in [0.1, 0.15) is 17.6 Å². The van der Waals surface area contributed by atoms with Gasteiger partial charge in [-0.2, -0.15) is 5.26 Å². The minimum atomic E-state index is -0.324. The lowest BCUT2D eigenvalue weighted by molar-refractivity contribution is 0.102. The van der Waals surface area contributed by atoms with Crippen LogP contribution < -0.4 is 5.32 Å². The van der Waals surface area contributed by atoms with Gasteiger partial charge in [-0.15, -0.1) is 11.3 Å². The molecule has 0 unspecified atom stereocenters. The van der Waals surface area contributed by atoms with Crippen LogP contribution in [-0.4, -0.2) is 20.9 Å². The number of aryl methyl sites for hydroxylation is 1. The van der Waals surface area contributed by atoms with E-state index in [4.69, 9.17) is 5.26 Å². The molecule has 0 fully saturated rings. The molecule has 1 aromatic carbocycles. The molecular formula is C19H13N5OS. The highest BCUT2D eigenvalue weighted by Crippen LogP contribution is 2.26. The van der Waals surface area contributed by atoms with Crippen LogP contribution in [0, 0.1) is 18.3 Å². The second kappa shape index (κ2) is 6.43. The molecule has 0 bridgehead atoms. The second-order valence-electron chi connectivity index (χ2n) is 5.69. The van der Waals surface area contributed by atoms with Crippen LogP contribution in [-0.2, 0) is 0 Å². The molecular weight excluding hydrogens is 346 g/mol. The number of benzene rings is 1.